The van der Waals surface area contributed by atoms with E-state index in [-0.39, 0.29) is 5.84 Å². The molecule has 0 fully saturated rings. The van der Waals surface area contributed by atoms with Crippen LogP contribution in [0.3, 0.4) is 0 Å². The Bertz CT molecular complexity index is 538. The van der Waals surface area contributed by atoms with E-state index in [0.29, 0.717) is 10.6 Å². The first-order valence-corrected chi connectivity index (χ1v) is 6.46. The Morgan fingerprint density at radius 2 is 2.41 bits per heavy atom. The lowest BCUT2D eigenvalue weighted by molar-refractivity contribution is 0.917. The van der Waals surface area contributed by atoms with Gasteiger partial charge in [-0.25, -0.2) is 4.98 Å². The predicted octanol–water partition coefficient (Wildman–Crippen LogP) is 1.33. The van der Waals surface area contributed by atoms with E-state index in [0.717, 1.165) is 16.6 Å². The Morgan fingerprint density at radius 3 is 3.06 bits per heavy atom. The van der Waals surface area contributed by atoms with Crippen molar-refractivity contribution in [2.24, 2.45) is 5.73 Å². The van der Waals surface area contributed by atoms with Crippen LogP contribution >= 0.6 is 23.3 Å². The number of nitrogens with one attached hydrogen (secondary N) is 1. The number of amidine groups is 1. The lowest BCUT2D eigenvalue weighted by Crippen LogP contribution is -2.13. The van der Waals surface area contributed by atoms with Crippen molar-refractivity contribution in [2.75, 3.05) is 0 Å². The highest BCUT2D eigenvalue weighted by Gasteiger charge is 2.11. The number of hydrogen-bond donors (Lipinski definition) is 2. The molecule has 0 aliphatic heterocycles. The van der Waals surface area contributed by atoms with Gasteiger partial charge in [0.15, 0.2) is 4.34 Å². The lowest BCUT2D eigenvalue weighted by atomic mass is 10.3. The summed E-state index contributed by atoms with van der Waals surface area (Å²) in [4.78, 5) is 4.32. The van der Waals surface area contributed by atoms with Crippen LogP contribution in [0.4, 0.5) is 0 Å². The molecule has 0 atom stereocenters. The fraction of sp³-hybridized carbons (Fsp3) is 0.222. The van der Waals surface area contributed by atoms with Gasteiger partial charge in [-0.2, -0.15) is 9.47 Å². The SMILES string of the molecule is CCc1nsc(Sc2nnccc2C(=N)N)n1. The van der Waals surface area contributed by atoms with Crippen LogP contribution in [0.1, 0.15) is 18.3 Å². The van der Waals surface area contributed by atoms with Gasteiger partial charge in [-0.05, 0) is 29.4 Å². The van der Waals surface area contributed by atoms with Gasteiger partial charge in [0.2, 0.25) is 0 Å². The standard InChI is InChI=1S/C9H10N6S2/c1-2-6-13-9(17-15-6)16-8-5(7(10)11)3-4-12-14-8/h3-4H,2H2,1H3,(H3,10,11). The number of aromatic nitrogens is 4. The fourth-order valence-electron chi connectivity index (χ4n) is 1.10. The Kier molecular flexibility index (Phi) is 3.64. The van der Waals surface area contributed by atoms with Crippen molar-refractivity contribution in [3.05, 3.63) is 23.7 Å². The van der Waals surface area contributed by atoms with Crippen molar-refractivity contribution in [3.8, 4) is 0 Å². The number of nitrogens with zero attached hydrogens (tertiary/aromatic N) is 4. The van der Waals surface area contributed by atoms with Crippen molar-refractivity contribution in [1.29, 1.82) is 5.41 Å². The molecule has 2 aromatic heterocycles. The molecular weight excluding hydrogens is 256 g/mol. The van der Waals surface area contributed by atoms with Crippen molar-refractivity contribution in [1.82, 2.24) is 19.6 Å². The van der Waals surface area contributed by atoms with Crippen LogP contribution < -0.4 is 5.73 Å². The van der Waals surface area contributed by atoms with E-state index >= 15 is 0 Å². The molecule has 0 amide bonds. The first-order chi connectivity index (χ1) is 8.20. The minimum atomic E-state index is -0.0253. The van der Waals surface area contributed by atoms with Gasteiger partial charge in [-0.15, -0.1) is 5.10 Å². The molecule has 88 valence electrons. The van der Waals surface area contributed by atoms with Crippen LogP contribution in [0.5, 0.6) is 0 Å². The molecule has 0 spiro atoms. The average molecular weight is 266 g/mol. The van der Waals surface area contributed by atoms with E-state index in [4.69, 9.17) is 11.1 Å². The number of aryl methyl sites for hydroxylation is 1. The maximum atomic E-state index is 7.45. The van der Waals surface area contributed by atoms with Gasteiger partial charge in [0, 0.05) is 6.42 Å². The van der Waals surface area contributed by atoms with Crippen LogP contribution in [0.2, 0.25) is 0 Å². The molecule has 0 aliphatic rings. The topological polar surface area (TPSA) is 101 Å². The van der Waals surface area contributed by atoms with Crippen LogP contribution in [-0.4, -0.2) is 25.4 Å². The Balaban J connectivity index is 2.26. The molecule has 2 aromatic rings. The largest absolute Gasteiger partial charge is 0.384 e. The van der Waals surface area contributed by atoms with Gasteiger partial charge in [0.1, 0.15) is 16.7 Å². The van der Waals surface area contributed by atoms with E-state index in [9.17, 15) is 0 Å². The third-order valence-electron chi connectivity index (χ3n) is 1.93. The highest BCUT2D eigenvalue weighted by atomic mass is 32.2. The minimum absolute atomic E-state index is 0.0253. The molecule has 0 saturated heterocycles. The third kappa shape index (κ3) is 2.77. The smallest absolute Gasteiger partial charge is 0.176 e. The van der Waals surface area contributed by atoms with E-state index in [2.05, 4.69) is 19.6 Å². The lowest BCUT2D eigenvalue weighted by Gasteiger charge is -2.02. The zero-order valence-corrected chi connectivity index (χ0v) is 10.7. The molecule has 0 saturated carbocycles. The molecule has 0 radical (unpaired) electrons. The Labute approximate surface area is 106 Å². The molecule has 6 nitrogen and oxygen atoms in total. The summed E-state index contributed by atoms with van der Waals surface area (Å²) in [7, 11) is 0. The van der Waals surface area contributed by atoms with Crippen LogP contribution in [0.15, 0.2) is 21.6 Å². The Hall–Kier alpha value is -1.54. The molecule has 2 rings (SSSR count). The van der Waals surface area contributed by atoms with Gasteiger partial charge >= 0.3 is 0 Å². The highest BCUT2D eigenvalue weighted by molar-refractivity contribution is 8.01. The first-order valence-electron chi connectivity index (χ1n) is 4.87. The summed E-state index contributed by atoms with van der Waals surface area (Å²) in [5.74, 6) is 0.786. The molecule has 0 aliphatic carbocycles. The quantitative estimate of drug-likeness (QED) is 0.639. The summed E-state index contributed by atoms with van der Waals surface area (Å²) >= 11 is 2.64. The highest BCUT2D eigenvalue weighted by Crippen LogP contribution is 2.29. The molecule has 8 heteroatoms. The van der Waals surface area contributed by atoms with Crippen molar-refractivity contribution in [2.45, 2.75) is 22.7 Å². The number of rotatable bonds is 4. The second-order valence-electron chi connectivity index (χ2n) is 3.10. The van der Waals surface area contributed by atoms with E-state index < -0.39 is 0 Å². The zero-order valence-electron chi connectivity index (χ0n) is 9.04. The van der Waals surface area contributed by atoms with Crippen molar-refractivity contribution >= 4 is 29.1 Å². The maximum absolute atomic E-state index is 7.45. The molecule has 0 bridgehead atoms. The second-order valence-corrected chi connectivity index (χ2v) is 5.08. The normalized spacial score (nSPS) is 10.4. The van der Waals surface area contributed by atoms with Gasteiger partial charge in [0.05, 0.1) is 11.8 Å². The van der Waals surface area contributed by atoms with Gasteiger partial charge in [-0.1, -0.05) is 6.92 Å². The van der Waals surface area contributed by atoms with Gasteiger partial charge in [0.25, 0.3) is 0 Å². The van der Waals surface area contributed by atoms with E-state index in [1.165, 1.54) is 29.5 Å². The second kappa shape index (κ2) is 5.19. The van der Waals surface area contributed by atoms with Crippen molar-refractivity contribution < 1.29 is 0 Å². The first kappa shape index (κ1) is 11.9. The third-order valence-corrected chi connectivity index (χ3v) is 3.71. The number of nitrogens with two attached hydrogens (primary N) is 1. The number of hydrogen-bond acceptors (Lipinski definition) is 7. The maximum Gasteiger partial charge on any atom is 0.176 e. The zero-order chi connectivity index (χ0) is 12.3. The molecule has 0 unspecified atom stereocenters. The molecular formula is C9H10N6S2. The molecule has 0 aromatic carbocycles. The fourth-order valence-corrected chi connectivity index (χ4v) is 2.79. The van der Waals surface area contributed by atoms with Gasteiger partial charge in [-0.3, -0.25) is 5.41 Å². The van der Waals surface area contributed by atoms with Crippen LogP contribution in [0.25, 0.3) is 0 Å². The summed E-state index contributed by atoms with van der Waals surface area (Å²) in [6, 6.07) is 1.67. The summed E-state index contributed by atoms with van der Waals surface area (Å²) in [5, 5.41) is 15.8. The van der Waals surface area contributed by atoms with Crippen LogP contribution in [0, 0.1) is 5.41 Å². The molecule has 17 heavy (non-hydrogen) atoms. The predicted molar refractivity (Wildman–Crippen MR) is 66.5 cm³/mol. The van der Waals surface area contributed by atoms with Crippen molar-refractivity contribution in [3.63, 3.8) is 0 Å². The average Bonchev–Trinajstić information content (AvgIpc) is 2.77. The summed E-state index contributed by atoms with van der Waals surface area (Å²) < 4.78 is 4.96. The van der Waals surface area contributed by atoms with E-state index in [1.54, 1.807) is 6.07 Å². The minimum Gasteiger partial charge on any atom is -0.384 e. The van der Waals surface area contributed by atoms with E-state index in [1.807, 2.05) is 6.92 Å². The molecule has 2 heterocycles. The summed E-state index contributed by atoms with van der Waals surface area (Å²) in [5.41, 5.74) is 6.04. The summed E-state index contributed by atoms with van der Waals surface area (Å²) in [6.07, 6.45) is 2.31. The Morgan fingerprint density at radius 1 is 1.59 bits per heavy atom. The monoisotopic (exact) mass is 266 g/mol. The van der Waals surface area contributed by atoms with Gasteiger partial charge < -0.3 is 5.73 Å². The summed E-state index contributed by atoms with van der Waals surface area (Å²) in [6.45, 7) is 2.00. The molecule has 3 N–H and O–H groups in total. The van der Waals surface area contributed by atoms with Crippen LogP contribution in [-0.2, 0) is 6.42 Å². The number of nitrogen functional groups attached to an aromatic ring is 1.